The Kier molecular flexibility index (Phi) is 6.51. The summed E-state index contributed by atoms with van der Waals surface area (Å²) in [5.74, 6) is 3.38. The summed E-state index contributed by atoms with van der Waals surface area (Å²) >= 11 is 0. The van der Waals surface area contributed by atoms with Crippen molar-refractivity contribution in [2.45, 2.75) is 26.7 Å². The van der Waals surface area contributed by atoms with E-state index in [0.29, 0.717) is 12.3 Å². The third-order valence-corrected chi connectivity index (χ3v) is 1.66. The molecule has 1 nitrogen and oxygen atoms in total. The second kappa shape index (κ2) is 6.94. The van der Waals surface area contributed by atoms with Gasteiger partial charge in [0.15, 0.2) is 0 Å². The molecule has 0 rings (SSSR count). The summed E-state index contributed by atoms with van der Waals surface area (Å²) in [5.41, 5.74) is 0. The molecule has 0 fully saturated rings. The van der Waals surface area contributed by atoms with Gasteiger partial charge in [-0.3, -0.25) is 0 Å². The maximum absolute atomic E-state index is 8.89. The smallest absolute Gasteiger partial charge is 0.0471 e. The largest absolute Gasteiger partial charge is 0.396 e. The van der Waals surface area contributed by atoms with E-state index in [-0.39, 0.29) is 12.5 Å². The highest BCUT2D eigenvalue weighted by Gasteiger charge is 2.02. The molecule has 12 heavy (non-hydrogen) atoms. The normalized spacial score (nSPS) is 13.6. The summed E-state index contributed by atoms with van der Waals surface area (Å²) in [6.07, 6.45) is 10.9. The molecule has 0 heterocycles. The average Bonchev–Trinajstić information content (AvgIpc) is 2.02. The zero-order valence-corrected chi connectivity index (χ0v) is 7.96. The molecule has 0 radical (unpaired) electrons. The van der Waals surface area contributed by atoms with Crippen LogP contribution >= 0.6 is 0 Å². The first kappa shape index (κ1) is 11.3. The van der Waals surface area contributed by atoms with Crippen molar-refractivity contribution in [2.24, 2.45) is 11.8 Å². The van der Waals surface area contributed by atoms with Gasteiger partial charge in [0.1, 0.15) is 0 Å². The monoisotopic (exact) mass is 166 g/mol. The molecule has 0 unspecified atom stereocenters. The third kappa shape index (κ3) is 6.00. The van der Waals surface area contributed by atoms with Gasteiger partial charge < -0.3 is 5.11 Å². The molecule has 0 aliphatic rings. The van der Waals surface area contributed by atoms with E-state index in [9.17, 15) is 0 Å². The lowest BCUT2D eigenvalue weighted by Gasteiger charge is -2.06. The molecule has 0 aliphatic carbocycles. The summed E-state index contributed by atoms with van der Waals surface area (Å²) in [6, 6.07) is 0. The van der Waals surface area contributed by atoms with Gasteiger partial charge in [0, 0.05) is 13.0 Å². The van der Waals surface area contributed by atoms with Crippen molar-refractivity contribution in [2.75, 3.05) is 6.61 Å². The Morgan fingerprint density at radius 1 is 1.50 bits per heavy atom. The van der Waals surface area contributed by atoms with Crippen LogP contribution in [0.5, 0.6) is 0 Å². The molecule has 0 saturated carbocycles. The number of hydrogen-bond acceptors (Lipinski definition) is 1. The van der Waals surface area contributed by atoms with Gasteiger partial charge in [-0.25, -0.2) is 0 Å². The third-order valence-electron chi connectivity index (χ3n) is 1.66. The molecular formula is C11H18O. The Labute approximate surface area is 75.5 Å². The molecule has 1 atom stereocenters. The fraction of sp³-hybridized carbons (Fsp3) is 0.636. The van der Waals surface area contributed by atoms with Crippen molar-refractivity contribution < 1.29 is 5.11 Å². The molecule has 0 bridgehead atoms. The fourth-order valence-corrected chi connectivity index (χ4v) is 0.932. The molecule has 0 aromatic carbocycles. The van der Waals surface area contributed by atoms with Crippen molar-refractivity contribution in [3.8, 4) is 12.3 Å². The van der Waals surface area contributed by atoms with Crippen LogP contribution in [0.15, 0.2) is 12.2 Å². The first-order chi connectivity index (χ1) is 5.70. The zero-order valence-electron chi connectivity index (χ0n) is 7.96. The van der Waals surface area contributed by atoms with Crippen molar-refractivity contribution in [1.82, 2.24) is 0 Å². The average molecular weight is 166 g/mol. The standard InChI is InChI=1S/C11H18O/c1-4-6-11(9-12)8-5-7-10(2)3/h1,5,7,10-12H,6,8-9H2,2-3H3/b7-5+/t11-/m1/s1. The highest BCUT2D eigenvalue weighted by Crippen LogP contribution is 2.08. The Morgan fingerprint density at radius 3 is 2.58 bits per heavy atom. The first-order valence-corrected chi connectivity index (χ1v) is 4.41. The molecule has 0 aromatic heterocycles. The fourth-order valence-electron chi connectivity index (χ4n) is 0.932. The maximum Gasteiger partial charge on any atom is 0.0471 e. The Bertz CT molecular complexity index is 162. The van der Waals surface area contributed by atoms with Gasteiger partial charge in [0.05, 0.1) is 0 Å². The van der Waals surface area contributed by atoms with Crippen molar-refractivity contribution >= 4 is 0 Å². The van der Waals surface area contributed by atoms with E-state index in [1.807, 2.05) is 0 Å². The van der Waals surface area contributed by atoms with E-state index in [4.69, 9.17) is 11.5 Å². The quantitative estimate of drug-likeness (QED) is 0.490. The minimum Gasteiger partial charge on any atom is -0.396 e. The van der Waals surface area contributed by atoms with Gasteiger partial charge in [0.2, 0.25) is 0 Å². The van der Waals surface area contributed by atoms with Crippen LogP contribution in [0, 0.1) is 24.2 Å². The predicted molar refractivity (Wildman–Crippen MR) is 52.6 cm³/mol. The lowest BCUT2D eigenvalue weighted by atomic mass is 10.0. The van der Waals surface area contributed by atoms with Crippen LogP contribution in [0.4, 0.5) is 0 Å². The second-order valence-corrected chi connectivity index (χ2v) is 3.36. The summed E-state index contributed by atoms with van der Waals surface area (Å²) < 4.78 is 0. The lowest BCUT2D eigenvalue weighted by molar-refractivity contribution is 0.230. The van der Waals surface area contributed by atoms with Crippen LogP contribution in [0.1, 0.15) is 26.7 Å². The van der Waals surface area contributed by atoms with Gasteiger partial charge in [-0.1, -0.05) is 26.0 Å². The van der Waals surface area contributed by atoms with Crippen molar-refractivity contribution in [3.05, 3.63) is 12.2 Å². The van der Waals surface area contributed by atoms with E-state index in [1.165, 1.54) is 0 Å². The molecular weight excluding hydrogens is 148 g/mol. The number of aliphatic hydroxyl groups excluding tert-OH is 1. The predicted octanol–water partition coefficient (Wildman–Crippen LogP) is 2.22. The van der Waals surface area contributed by atoms with E-state index < -0.39 is 0 Å². The molecule has 0 saturated heterocycles. The van der Waals surface area contributed by atoms with Crippen LogP contribution in [0.2, 0.25) is 0 Å². The first-order valence-electron chi connectivity index (χ1n) is 4.41. The Morgan fingerprint density at radius 2 is 2.17 bits per heavy atom. The molecule has 1 N–H and O–H groups in total. The zero-order chi connectivity index (χ0) is 9.40. The lowest BCUT2D eigenvalue weighted by Crippen LogP contribution is -2.03. The van der Waals surface area contributed by atoms with Gasteiger partial charge in [-0.05, 0) is 18.3 Å². The number of allylic oxidation sites excluding steroid dienone is 2. The topological polar surface area (TPSA) is 20.2 Å². The summed E-state index contributed by atoms with van der Waals surface area (Å²) in [6.45, 7) is 4.45. The van der Waals surface area contributed by atoms with Crippen LogP contribution in [-0.2, 0) is 0 Å². The number of terminal acetylenes is 1. The van der Waals surface area contributed by atoms with Gasteiger partial charge >= 0.3 is 0 Å². The van der Waals surface area contributed by atoms with Gasteiger partial charge in [-0.2, -0.15) is 0 Å². The Hall–Kier alpha value is -0.740. The van der Waals surface area contributed by atoms with Crippen LogP contribution in [0.25, 0.3) is 0 Å². The van der Waals surface area contributed by atoms with Crippen molar-refractivity contribution in [1.29, 1.82) is 0 Å². The molecule has 0 aliphatic heterocycles. The van der Waals surface area contributed by atoms with Crippen LogP contribution < -0.4 is 0 Å². The van der Waals surface area contributed by atoms with Crippen LogP contribution in [0.3, 0.4) is 0 Å². The molecule has 68 valence electrons. The Balaban J connectivity index is 3.65. The minimum atomic E-state index is 0.187. The minimum absolute atomic E-state index is 0.187. The van der Waals surface area contributed by atoms with E-state index in [0.717, 1.165) is 6.42 Å². The maximum atomic E-state index is 8.89. The molecule has 0 amide bonds. The van der Waals surface area contributed by atoms with Gasteiger partial charge in [-0.15, -0.1) is 12.3 Å². The van der Waals surface area contributed by atoms with Crippen LogP contribution in [-0.4, -0.2) is 11.7 Å². The highest BCUT2D eigenvalue weighted by atomic mass is 16.3. The number of hydrogen-bond donors (Lipinski definition) is 1. The van der Waals surface area contributed by atoms with E-state index in [1.54, 1.807) is 0 Å². The molecule has 0 spiro atoms. The highest BCUT2D eigenvalue weighted by molar-refractivity contribution is 4.92. The molecule has 0 aromatic rings. The number of aliphatic hydroxyl groups is 1. The molecule has 1 heteroatoms. The summed E-state index contributed by atoms with van der Waals surface area (Å²) in [7, 11) is 0. The summed E-state index contributed by atoms with van der Waals surface area (Å²) in [5, 5.41) is 8.89. The number of rotatable bonds is 5. The van der Waals surface area contributed by atoms with Gasteiger partial charge in [0.25, 0.3) is 0 Å². The summed E-state index contributed by atoms with van der Waals surface area (Å²) in [4.78, 5) is 0. The SMILES string of the molecule is C#CC[C@@H](CO)C/C=C/C(C)C. The second-order valence-electron chi connectivity index (χ2n) is 3.36. The van der Waals surface area contributed by atoms with E-state index >= 15 is 0 Å². The van der Waals surface area contributed by atoms with Crippen molar-refractivity contribution in [3.63, 3.8) is 0 Å². The van der Waals surface area contributed by atoms with E-state index in [2.05, 4.69) is 31.9 Å².